The van der Waals surface area contributed by atoms with Gasteiger partial charge in [0.15, 0.2) is 0 Å². The van der Waals surface area contributed by atoms with E-state index in [2.05, 4.69) is 5.32 Å². The molecule has 112 valence electrons. The minimum atomic E-state index is -0.597. The first-order valence-corrected chi connectivity index (χ1v) is 6.91. The van der Waals surface area contributed by atoms with Crippen molar-refractivity contribution in [3.63, 3.8) is 0 Å². The monoisotopic (exact) mass is 300 g/mol. The Morgan fingerprint density at radius 3 is 2.75 bits per heavy atom. The van der Waals surface area contributed by atoms with Gasteiger partial charge in [-0.25, -0.2) is 0 Å². The van der Waals surface area contributed by atoms with Crippen LogP contribution in [0.5, 0.6) is 0 Å². The van der Waals surface area contributed by atoms with Crippen LogP contribution < -0.4 is 11.1 Å². The molecule has 5 nitrogen and oxygen atoms in total. The lowest BCUT2D eigenvalue weighted by Gasteiger charge is -2.19. The van der Waals surface area contributed by atoms with Crippen molar-refractivity contribution in [2.45, 2.75) is 33.0 Å². The summed E-state index contributed by atoms with van der Waals surface area (Å²) >= 11 is 5.80. The number of amides is 1. The summed E-state index contributed by atoms with van der Waals surface area (Å²) in [6.45, 7) is 6.53. The summed E-state index contributed by atoms with van der Waals surface area (Å²) in [5, 5.41) is 3.23. The predicted octanol–water partition coefficient (Wildman–Crippen LogP) is 2.69. The number of hydrogen-bond donors (Lipinski definition) is 2. The first kappa shape index (κ1) is 16.8. The van der Waals surface area contributed by atoms with E-state index < -0.39 is 6.10 Å². The molecule has 1 amide bonds. The Labute approximate surface area is 124 Å². The summed E-state index contributed by atoms with van der Waals surface area (Å²) in [5.74, 6) is -0.262. The Morgan fingerprint density at radius 2 is 2.15 bits per heavy atom. The number of anilines is 2. The average molecular weight is 301 g/mol. The average Bonchev–Trinajstić information content (AvgIpc) is 2.39. The Kier molecular flexibility index (Phi) is 6.78. The van der Waals surface area contributed by atoms with E-state index in [4.69, 9.17) is 26.8 Å². The van der Waals surface area contributed by atoms with Crippen LogP contribution in [0.2, 0.25) is 5.02 Å². The second-order valence-corrected chi connectivity index (χ2v) is 4.91. The minimum absolute atomic E-state index is 0.154. The highest BCUT2D eigenvalue weighted by atomic mass is 35.5. The molecular formula is C14H21ClN2O3. The van der Waals surface area contributed by atoms with Gasteiger partial charge < -0.3 is 20.5 Å². The highest BCUT2D eigenvalue weighted by Crippen LogP contribution is 2.22. The number of benzene rings is 1. The van der Waals surface area contributed by atoms with E-state index in [0.717, 1.165) is 0 Å². The van der Waals surface area contributed by atoms with Crippen LogP contribution >= 0.6 is 11.6 Å². The molecule has 0 heterocycles. The molecule has 1 aromatic carbocycles. The van der Waals surface area contributed by atoms with E-state index in [0.29, 0.717) is 29.6 Å². The van der Waals surface area contributed by atoms with Gasteiger partial charge in [-0.2, -0.15) is 0 Å². The molecule has 0 aliphatic carbocycles. The number of ether oxygens (including phenoxy) is 2. The highest BCUT2D eigenvalue weighted by molar-refractivity contribution is 6.31. The number of hydrogen-bond acceptors (Lipinski definition) is 4. The van der Waals surface area contributed by atoms with E-state index in [-0.39, 0.29) is 12.0 Å². The molecule has 6 heteroatoms. The maximum Gasteiger partial charge on any atom is 0.253 e. The molecule has 0 bridgehead atoms. The number of carbonyl (C=O) groups excluding carboxylic acids is 1. The molecule has 2 unspecified atom stereocenters. The summed E-state index contributed by atoms with van der Waals surface area (Å²) in [7, 11) is 0. The van der Waals surface area contributed by atoms with Gasteiger partial charge >= 0.3 is 0 Å². The molecule has 0 saturated carbocycles. The molecule has 0 fully saturated rings. The van der Waals surface area contributed by atoms with Crippen LogP contribution in [0.4, 0.5) is 11.4 Å². The third-order valence-corrected chi connectivity index (χ3v) is 2.87. The first-order chi connectivity index (χ1) is 9.43. The second kappa shape index (κ2) is 8.09. The lowest BCUT2D eigenvalue weighted by Crippen LogP contribution is -2.32. The summed E-state index contributed by atoms with van der Waals surface area (Å²) < 4.78 is 10.8. The lowest BCUT2D eigenvalue weighted by atomic mass is 10.2. The van der Waals surface area contributed by atoms with Crippen molar-refractivity contribution in [1.82, 2.24) is 0 Å². The molecule has 0 radical (unpaired) electrons. The maximum atomic E-state index is 12.0. The van der Waals surface area contributed by atoms with E-state index in [9.17, 15) is 4.79 Å². The molecule has 1 rings (SSSR count). The van der Waals surface area contributed by atoms with Crippen LogP contribution in [0.25, 0.3) is 0 Å². The fraction of sp³-hybridized carbons (Fsp3) is 0.500. The summed E-state index contributed by atoms with van der Waals surface area (Å²) in [6.07, 6.45) is -0.751. The van der Waals surface area contributed by atoms with Crippen molar-refractivity contribution in [3.8, 4) is 0 Å². The molecule has 0 aliphatic rings. The van der Waals surface area contributed by atoms with Crippen LogP contribution in [0, 0.1) is 0 Å². The van der Waals surface area contributed by atoms with Crippen LogP contribution in [0.15, 0.2) is 18.2 Å². The SMILES string of the molecule is CCOCC(C)OC(C)C(=O)Nc1ccc(Cl)cc1N. The Hall–Kier alpha value is -1.30. The van der Waals surface area contributed by atoms with Gasteiger partial charge in [0, 0.05) is 11.6 Å². The maximum absolute atomic E-state index is 12.0. The second-order valence-electron chi connectivity index (χ2n) is 4.47. The molecule has 2 atom stereocenters. The molecule has 1 aromatic rings. The molecule has 0 saturated heterocycles. The summed E-state index contributed by atoms with van der Waals surface area (Å²) in [6, 6.07) is 4.91. The summed E-state index contributed by atoms with van der Waals surface area (Å²) in [4.78, 5) is 12.0. The molecule has 20 heavy (non-hydrogen) atoms. The molecular weight excluding hydrogens is 280 g/mol. The van der Waals surface area contributed by atoms with E-state index in [1.54, 1.807) is 25.1 Å². The van der Waals surface area contributed by atoms with Gasteiger partial charge in [0.25, 0.3) is 5.91 Å². The number of nitrogens with one attached hydrogen (secondary N) is 1. The van der Waals surface area contributed by atoms with E-state index >= 15 is 0 Å². The van der Waals surface area contributed by atoms with Crippen LogP contribution in [-0.4, -0.2) is 31.3 Å². The Bertz CT molecular complexity index is 454. The number of rotatable bonds is 7. The smallest absolute Gasteiger partial charge is 0.253 e. The fourth-order valence-corrected chi connectivity index (χ4v) is 1.80. The first-order valence-electron chi connectivity index (χ1n) is 6.53. The predicted molar refractivity (Wildman–Crippen MR) is 81.0 cm³/mol. The standard InChI is InChI=1S/C14H21ClN2O3/c1-4-19-8-9(2)20-10(3)14(18)17-13-6-5-11(15)7-12(13)16/h5-7,9-10H,4,8,16H2,1-3H3,(H,17,18). The normalized spacial score (nSPS) is 13.8. The highest BCUT2D eigenvalue weighted by Gasteiger charge is 2.17. The third kappa shape index (κ3) is 5.36. The van der Waals surface area contributed by atoms with Gasteiger partial charge in [-0.15, -0.1) is 0 Å². The lowest BCUT2D eigenvalue weighted by molar-refractivity contribution is -0.131. The van der Waals surface area contributed by atoms with Gasteiger partial charge in [-0.05, 0) is 39.0 Å². The van der Waals surface area contributed by atoms with Gasteiger partial charge in [0.05, 0.1) is 24.1 Å². The zero-order valence-electron chi connectivity index (χ0n) is 12.0. The van der Waals surface area contributed by atoms with Gasteiger partial charge in [0.1, 0.15) is 6.10 Å². The quantitative estimate of drug-likeness (QED) is 0.759. The minimum Gasteiger partial charge on any atom is -0.397 e. The van der Waals surface area contributed by atoms with Crippen molar-refractivity contribution < 1.29 is 14.3 Å². The Morgan fingerprint density at radius 1 is 1.45 bits per heavy atom. The van der Waals surface area contributed by atoms with Crippen molar-refractivity contribution in [2.75, 3.05) is 24.3 Å². The fourth-order valence-electron chi connectivity index (χ4n) is 1.62. The van der Waals surface area contributed by atoms with Gasteiger partial charge in [-0.1, -0.05) is 11.6 Å². The third-order valence-electron chi connectivity index (χ3n) is 2.63. The zero-order chi connectivity index (χ0) is 15.1. The van der Waals surface area contributed by atoms with Crippen LogP contribution in [0.3, 0.4) is 0 Å². The number of nitrogen functional groups attached to an aromatic ring is 1. The number of nitrogens with two attached hydrogens (primary N) is 1. The van der Waals surface area contributed by atoms with Gasteiger partial charge in [-0.3, -0.25) is 4.79 Å². The van der Waals surface area contributed by atoms with Gasteiger partial charge in [0.2, 0.25) is 0 Å². The summed E-state index contributed by atoms with van der Waals surface area (Å²) in [5.41, 5.74) is 6.71. The van der Waals surface area contributed by atoms with E-state index in [1.807, 2.05) is 13.8 Å². The zero-order valence-corrected chi connectivity index (χ0v) is 12.7. The topological polar surface area (TPSA) is 73.6 Å². The number of carbonyl (C=O) groups is 1. The molecule has 0 aliphatic heterocycles. The van der Waals surface area contributed by atoms with Crippen LogP contribution in [-0.2, 0) is 14.3 Å². The van der Waals surface area contributed by atoms with E-state index in [1.165, 1.54) is 0 Å². The largest absolute Gasteiger partial charge is 0.397 e. The molecule has 0 aromatic heterocycles. The van der Waals surface area contributed by atoms with Crippen molar-refractivity contribution in [1.29, 1.82) is 0 Å². The van der Waals surface area contributed by atoms with Crippen molar-refractivity contribution in [2.24, 2.45) is 0 Å². The van der Waals surface area contributed by atoms with Crippen LogP contribution in [0.1, 0.15) is 20.8 Å². The van der Waals surface area contributed by atoms with Crippen molar-refractivity contribution in [3.05, 3.63) is 23.2 Å². The molecule has 3 N–H and O–H groups in total. The van der Waals surface area contributed by atoms with Crippen molar-refractivity contribution >= 4 is 28.9 Å². The molecule has 0 spiro atoms. The number of halogens is 1. The Balaban J connectivity index is 2.53.